The minimum atomic E-state index is 0.214. The van der Waals surface area contributed by atoms with Gasteiger partial charge in [0.25, 0.3) is 0 Å². The van der Waals surface area contributed by atoms with Crippen LogP contribution in [-0.4, -0.2) is 55.2 Å². The third-order valence-electron chi connectivity index (χ3n) is 3.74. The Labute approximate surface area is 122 Å². The molecule has 4 nitrogen and oxygen atoms in total. The Morgan fingerprint density at radius 1 is 1.35 bits per heavy atom. The zero-order chi connectivity index (χ0) is 14.5. The number of rotatable bonds is 5. The molecule has 0 amide bonds. The van der Waals surface area contributed by atoms with E-state index in [1.807, 2.05) is 6.07 Å². The first-order chi connectivity index (χ1) is 9.58. The van der Waals surface area contributed by atoms with E-state index in [2.05, 4.69) is 48.9 Å². The molecule has 1 fully saturated rings. The molecule has 2 rings (SSSR count). The molecule has 1 aromatic carbocycles. The molecule has 1 aliphatic heterocycles. The van der Waals surface area contributed by atoms with E-state index < -0.39 is 0 Å². The molecule has 0 radical (unpaired) electrons. The fraction of sp³-hybridized carbons (Fsp3) is 0.625. The van der Waals surface area contributed by atoms with Crippen LogP contribution < -0.4 is 10.5 Å². The van der Waals surface area contributed by atoms with Crippen LogP contribution in [0.1, 0.15) is 19.4 Å². The Balaban J connectivity index is 2.01. The normalized spacial score (nSPS) is 21.4. The van der Waals surface area contributed by atoms with Gasteiger partial charge in [0.1, 0.15) is 5.75 Å². The number of hydrogen-bond donors (Lipinski definition) is 1. The van der Waals surface area contributed by atoms with Crippen molar-refractivity contribution in [2.75, 3.05) is 33.2 Å². The summed E-state index contributed by atoms with van der Waals surface area (Å²) in [6, 6.07) is 8.85. The van der Waals surface area contributed by atoms with Gasteiger partial charge >= 0.3 is 0 Å². The zero-order valence-corrected chi connectivity index (χ0v) is 12.9. The molecule has 1 unspecified atom stereocenters. The molecule has 20 heavy (non-hydrogen) atoms. The van der Waals surface area contributed by atoms with Crippen LogP contribution in [0, 0.1) is 0 Å². The summed E-state index contributed by atoms with van der Waals surface area (Å²) in [5.74, 6) is 0.955. The Morgan fingerprint density at radius 2 is 2.15 bits per heavy atom. The van der Waals surface area contributed by atoms with Gasteiger partial charge in [0.2, 0.25) is 0 Å². The molecule has 0 spiro atoms. The highest BCUT2D eigenvalue weighted by Gasteiger charge is 2.23. The molecule has 1 saturated heterocycles. The highest BCUT2D eigenvalue weighted by molar-refractivity contribution is 5.28. The van der Waals surface area contributed by atoms with Gasteiger partial charge in [0, 0.05) is 38.8 Å². The van der Waals surface area contributed by atoms with Crippen molar-refractivity contribution < 1.29 is 4.74 Å². The number of nitrogens with zero attached hydrogens (tertiary/aromatic N) is 2. The summed E-state index contributed by atoms with van der Waals surface area (Å²) >= 11 is 0. The van der Waals surface area contributed by atoms with Gasteiger partial charge in [-0.2, -0.15) is 0 Å². The third kappa shape index (κ3) is 4.20. The smallest absolute Gasteiger partial charge is 0.120 e. The highest BCUT2D eigenvalue weighted by Crippen LogP contribution is 2.18. The summed E-state index contributed by atoms with van der Waals surface area (Å²) < 4.78 is 5.76. The Hall–Kier alpha value is -1.10. The van der Waals surface area contributed by atoms with Gasteiger partial charge in [-0.05, 0) is 38.6 Å². The minimum Gasteiger partial charge on any atom is -0.491 e. The van der Waals surface area contributed by atoms with Gasteiger partial charge in [-0.15, -0.1) is 0 Å². The van der Waals surface area contributed by atoms with E-state index in [1.54, 1.807) is 0 Å². The van der Waals surface area contributed by atoms with Gasteiger partial charge in [-0.25, -0.2) is 0 Å². The van der Waals surface area contributed by atoms with Gasteiger partial charge in [-0.3, -0.25) is 4.90 Å². The van der Waals surface area contributed by atoms with Crippen LogP contribution in [0.15, 0.2) is 24.3 Å². The maximum Gasteiger partial charge on any atom is 0.120 e. The molecule has 1 aliphatic rings. The lowest BCUT2D eigenvalue weighted by molar-refractivity contribution is 0.0880. The van der Waals surface area contributed by atoms with Gasteiger partial charge in [0.05, 0.1) is 6.10 Å². The summed E-state index contributed by atoms with van der Waals surface area (Å²) in [4.78, 5) is 4.83. The molecule has 0 saturated carbocycles. The maximum absolute atomic E-state index is 5.91. The summed E-state index contributed by atoms with van der Waals surface area (Å²) in [5, 5.41) is 0. The highest BCUT2D eigenvalue weighted by atomic mass is 16.5. The Morgan fingerprint density at radius 3 is 2.85 bits per heavy atom. The number of ether oxygens (including phenoxy) is 1. The van der Waals surface area contributed by atoms with E-state index in [1.165, 1.54) is 5.56 Å². The molecule has 1 heterocycles. The van der Waals surface area contributed by atoms with Crippen LogP contribution in [0.25, 0.3) is 0 Å². The molecule has 1 aromatic rings. The number of hydrogen-bond acceptors (Lipinski definition) is 4. The van der Waals surface area contributed by atoms with Crippen molar-refractivity contribution in [3.05, 3.63) is 29.8 Å². The number of benzene rings is 1. The van der Waals surface area contributed by atoms with Crippen molar-refractivity contribution in [3.63, 3.8) is 0 Å². The van der Waals surface area contributed by atoms with Crippen LogP contribution in [-0.2, 0) is 6.54 Å². The molecule has 0 aromatic heterocycles. The average molecular weight is 277 g/mol. The number of likely N-dealkylation sites (N-methyl/N-ethyl adjacent to an activating group) is 1. The minimum absolute atomic E-state index is 0.214. The van der Waals surface area contributed by atoms with E-state index in [4.69, 9.17) is 10.5 Å². The van der Waals surface area contributed by atoms with E-state index in [0.717, 1.165) is 31.9 Å². The predicted molar refractivity (Wildman–Crippen MR) is 83.0 cm³/mol. The van der Waals surface area contributed by atoms with Crippen molar-refractivity contribution in [1.82, 2.24) is 9.80 Å². The molecule has 112 valence electrons. The molecule has 1 atom stereocenters. The Bertz CT molecular complexity index is 422. The quantitative estimate of drug-likeness (QED) is 0.886. The second-order valence-corrected chi connectivity index (χ2v) is 5.94. The summed E-state index contributed by atoms with van der Waals surface area (Å²) in [6.45, 7) is 9.01. The Kier molecular flexibility index (Phi) is 5.40. The molecule has 0 bridgehead atoms. The van der Waals surface area contributed by atoms with Crippen molar-refractivity contribution in [2.45, 2.75) is 32.5 Å². The van der Waals surface area contributed by atoms with Crippen LogP contribution >= 0.6 is 0 Å². The maximum atomic E-state index is 5.91. The van der Waals surface area contributed by atoms with Crippen LogP contribution in [0.5, 0.6) is 5.75 Å². The lowest BCUT2D eigenvalue weighted by Crippen LogP contribution is -2.54. The predicted octanol–water partition coefficient (Wildman–Crippen LogP) is 1.55. The largest absolute Gasteiger partial charge is 0.491 e. The molecule has 2 N–H and O–H groups in total. The average Bonchev–Trinajstić information content (AvgIpc) is 2.40. The van der Waals surface area contributed by atoms with E-state index in [9.17, 15) is 0 Å². The second-order valence-electron chi connectivity index (χ2n) is 5.94. The monoisotopic (exact) mass is 277 g/mol. The van der Waals surface area contributed by atoms with E-state index in [0.29, 0.717) is 12.6 Å². The first kappa shape index (κ1) is 15.3. The van der Waals surface area contributed by atoms with Gasteiger partial charge in [0.15, 0.2) is 0 Å². The summed E-state index contributed by atoms with van der Waals surface area (Å²) in [6.07, 6.45) is 0.214. The van der Waals surface area contributed by atoms with Crippen molar-refractivity contribution in [1.29, 1.82) is 0 Å². The van der Waals surface area contributed by atoms with E-state index >= 15 is 0 Å². The standard InChI is InChI=1S/C16H27N3O/c1-13(2)20-16-6-4-5-14(9-16)11-19-8-7-18(3)12-15(19)10-17/h4-6,9,13,15H,7-8,10-12,17H2,1-3H3. The fourth-order valence-corrected chi connectivity index (χ4v) is 2.70. The van der Waals surface area contributed by atoms with E-state index in [-0.39, 0.29) is 6.10 Å². The summed E-state index contributed by atoms with van der Waals surface area (Å²) in [7, 11) is 2.16. The zero-order valence-electron chi connectivity index (χ0n) is 12.9. The molecular weight excluding hydrogens is 250 g/mol. The SMILES string of the molecule is CC(C)Oc1cccc(CN2CCN(C)CC2CN)c1. The van der Waals surface area contributed by atoms with Crippen LogP contribution in [0.4, 0.5) is 0 Å². The lowest BCUT2D eigenvalue weighted by atomic mass is 10.1. The lowest BCUT2D eigenvalue weighted by Gasteiger charge is -2.39. The van der Waals surface area contributed by atoms with Crippen LogP contribution in [0.3, 0.4) is 0 Å². The first-order valence-electron chi connectivity index (χ1n) is 7.46. The van der Waals surface area contributed by atoms with Crippen molar-refractivity contribution >= 4 is 0 Å². The number of nitrogens with two attached hydrogens (primary N) is 1. The molecular formula is C16H27N3O. The topological polar surface area (TPSA) is 41.7 Å². The van der Waals surface area contributed by atoms with Crippen LogP contribution in [0.2, 0.25) is 0 Å². The van der Waals surface area contributed by atoms with Gasteiger partial charge in [-0.1, -0.05) is 12.1 Å². The van der Waals surface area contributed by atoms with Crippen molar-refractivity contribution in [3.8, 4) is 5.75 Å². The van der Waals surface area contributed by atoms with Gasteiger partial charge < -0.3 is 15.4 Å². The van der Waals surface area contributed by atoms with Crippen molar-refractivity contribution in [2.24, 2.45) is 5.73 Å². The third-order valence-corrected chi connectivity index (χ3v) is 3.74. The molecule has 4 heteroatoms. The number of piperazine rings is 1. The second kappa shape index (κ2) is 7.07. The first-order valence-corrected chi connectivity index (χ1v) is 7.46. The summed E-state index contributed by atoms with van der Waals surface area (Å²) in [5.41, 5.74) is 7.21. The molecule has 0 aliphatic carbocycles. The fourth-order valence-electron chi connectivity index (χ4n) is 2.70.